The number of sulfone groups is 1. The number of nitrogens with two attached hydrogens (primary N) is 1. The normalized spacial score (nSPS) is 15.6. The van der Waals surface area contributed by atoms with Crippen molar-refractivity contribution >= 4 is 9.84 Å². The zero-order chi connectivity index (χ0) is 15.3. The fourth-order valence-electron chi connectivity index (χ4n) is 2.47. The smallest absolute Gasteiger partial charge is 0.179 e. The van der Waals surface area contributed by atoms with Crippen LogP contribution in [0.25, 0.3) is 0 Å². The second-order valence-electron chi connectivity index (χ2n) is 5.79. The number of unbranched alkanes of at least 4 members (excludes halogenated alkanes) is 1. The molecule has 1 aromatic rings. The first kappa shape index (κ1) is 16.5. The summed E-state index contributed by atoms with van der Waals surface area (Å²) in [6.07, 6.45) is 4.72. The first-order valence-electron chi connectivity index (χ1n) is 7.82. The topological polar surface area (TPSA) is 63.4 Å². The highest BCUT2D eigenvalue weighted by molar-refractivity contribution is 7.91. The largest absolute Gasteiger partial charge is 0.326 e. The zero-order valence-electron chi connectivity index (χ0n) is 12.8. The minimum atomic E-state index is -3.19. The average molecular weight is 310 g/mol. The Hall–Kier alpha value is -0.910. The maximum absolute atomic E-state index is 12.4. The van der Waals surface area contributed by atoms with Crippen molar-refractivity contribution in [3.63, 3.8) is 0 Å². The molecule has 1 aliphatic rings. The Bertz CT molecular complexity index is 536. The van der Waals surface area contributed by atoms with Gasteiger partial charge in [0.2, 0.25) is 0 Å². The van der Waals surface area contributed by atoms with Crippen LogP contribution in [-0.2, 0) is 16.4 Å². The lowest BCUT2D eigenvalue weighted by Crippen LogP contribution is -2.32. The van der Waals surface area contributed by atoms with E-state index in [0.29, 0.717) is 24.0 Å². The van der Waals surface area contributed by atoms with Crippen molar-refractivity contribution in [1.29, 1.82) is 0 Å². The van der Waals surface area contributed by atoms with Gasteiger partial charge in [0.15, 0.2) is 9.84 Å². The molecule has 0 amide bonds. The van der Waals surface area contributed by atoms with E-state index < -0.39 is 9.84 Å². The minimum Gasteiger partial charge on any atom is -0.326 e. The molecule has 2 N–H and O–H groups in total. The van der Waals surface area contributed by atoms with Crippen molar-refractivity contribution in [3.8, 4) is 0 Å². The van der Waals surface area contributed by atoms with E-state index >= 15 is 0 Å². The van der Waals surface area contributed by atoms with E-state index in [1.807, 2.05) is 0 Å². The molecule has 4 nitrogen and oxygen atoms in total. The van der Waals surface area contributed by atoms with Crippen LogP contribution >= 0.6 is 0 Å². The van der Waals surface area contributed by atoms with E-state index in [9.17, 15) is 8.42 Å². The first-order valence-corrected chi connectivity index (χ1v) is 9.48. The van der Waals surface area contributed by atoms with Crippen molar-refractivity contribution in [2.75, 3.05) is 18.8 Å². The summed E-state index contributed by atoms with van der Waals surface area (Å²) >= 11 is 0. The standard InChI is InChI=1S/C16H26N2O2S/c1-2-3-10-18(15-6-7-15)11-12-21(19,20)16-8-4-14(13-17)5-9-16/h4-5,8-9,15H,2-3,6-7,10-13,17H2,1H3. The molecule has 0 unspecified atom stereocenters. The van der Waals surface area contributed by atoms with Crippen molar-refractivity contribution in [2.45, 2.75) is 50.1 Å². The van der Waals surface area contributed by atoms with Crippen LogP contribution in [0.5, 0.6) is 0 Å². The molecule has 0 atom stereocenters. The van der Waals surface area contributed by atoms with Gasteiger partial charge in [-0.3, -0.25) is 4.90 Å². The molecule has 0 aliphatic heterocycles. The zero-order valence-corrected chi connectivity index (χ0v) is 13.6. The number of nitrogens with zero attached hydrogens (tertiary/aromatic N) is 1. The van der Waals surface area contributed by atoms with Crippen molar-refractivity contribution < 1.29 is 8.42 Å². The third kappa shape index (κ3) is 4.80. The minimum absolute atomic E-state index is 0.204. The highest BCUT2D eigenvalue weighted by Gasteiger charge is 2.29. The van der Waals surface area contributed by atoms with Gasteiger partial charge in [0.25, 0.3) is 0 Å². The molecule has 1 saturated carbocycles. The lowest BCUT2D eigenvalue weighted by molar-refractivity contribution is 0.274. The monoisotopic (exact) mass is 310 g/mol. The quantitative estimate of drug-likeness (QED) is 0.759. The maximum Gasteiger partial charge on any atom is 0.179 e. The number of rotatable bonds is 9. The van der Waals surface area contributed by atoms with E-state index in [4.69, 9.17) is 5.73 Å². The second-order valence-corrected chi connectivity index (χ2v) is 7.90. The van der Waals surface area contributed by atoms with Crippen LogP contribution in [0, 0.1) is 0 Å². The van der Waals surface area contributed by atoms with Gasteiger partial charge in [0, 0.05) is 19.1 Å². The highest BCUT2D eigenvalue weighted by atomic mass is 32.2. The van der Waals surface area contributed by atoms with E-state index in [-0.39, 0.29) is 5.75 Å². The van der Waals surface area contributed by atoms with Crippen molar-refractivity contribution in [2.24, 2.45) is 5.73 Å². The maximum atomic E-state index is 12.4. The summed E-state index contributed by atoms with van der Waals surface area (Å²) in [5, 5.41) is 0. The fourth-order valence-corrected chi connectivity index (χ4v) is 3.73. The summed E-state index contributed by atoms with van der Waals surface area (Å²) in [5.74, 6) is 0.204. The summed E-state index contributed by atoms with van der Waals surface area (Å²) in [4.78, 5) is 2.75. The Balaban J connectivity index is 1.95. The van der Waals surface area contributed by atoms with Gasteiger partial charge in [-0.1, -0.05) is 25.5 Å². The van der Waals surface area contributed by atoms with Crippen molar-refractivity contribution in [1.82, 2.24) is 4.90 Å². The molecule has 1 fully saturated rings. The molecular weight excluding hydrogens is 284 g/mol. The lowest BCUT2D eigenvalue weighted by atomic mass is 10.2. The molecule has 21 heavy (non-hydrogen) atoms. The predicted octanol–water partition coefficient (Wildman–Crippen LogP) is 2.18. The molecule has 0 saturated heterocycles. The van der Waals surface area contributed by atoms with Crippen molar-refractivity contribution in [3.05, 3.63) is 29.8 Å². The molecule has 0 spiro atoms. The van der Waals surface area contributed by atoms with E-state index in [1.54, 1.807) is 24.3 Å². The van der Waals surface area contributed by atoms with Gasteiger partial charge in [-0.2, -0.15) is 0 Å². The lowest BCUT2D eigenvalue weighted by Gasteiger charge is -2.21. The van der Waals surface area contributed by atoms with Gasteiger partial charge in [-0.15, -0.1) is 0 Å². The molecule has 2 rings (SSSR count). The van der Waals surface area contributed by atoms with Gasteiger partial charge >= 0.3 is 0 Å². The number of benzene rings is 1. The van der Waals surface area contributed by atoms with E-state index in [1.165, 1.54) is 12.8 Å². The molecule has 5 heteroatoms. The molecule has 0 bridgehead atoms. The molecule has 1 aromatic carbocycles. The van der Waals surface area contributed by atoms with Gasteiger partial charge in [-0.25, -0.2) is 8.42 Å². The summed E-state index contributed by atoms with van der Waals surface area (Å²) in [7, 11) is -3.19. The SMILES string of the molecule is CCCCN(CCS(=O)(=O)c1ccc(CN)cc1)C1CC1. The molecule has 0 heterocycles. The third-order valence-corrected chi connectivity index (χ3v) is 5.74. The Labute approximate surface area is 128 Å². The van der Waals surface area contributed by atoms with Gasteiger partial charge in [-0.05, 0) is 43.5 Å². The van der Waals surface area contributed by atoms with Crippen LogP contribution in [0.1, 0.15) is 38.2 Å². The van der Waals surface area contributed by atoms with Crippen LogP contribution < -0.4 is 5.73 Å². The second kappa shape index (κ2) is 7.38. The number of hydrogen-bond donors (Lipinski definition) is 1. The third-order valence-electron chi connectivity index (χ3n) is 4.03. The molecule has 0 radical (unpaired) electrons. The molecule has 118 valence electrons. The van der Waals surface area contributed by atoms with Gasteiger partial charge < -0.3 is 5.73 Å². The first-order chi connectivity index (χ1) is 10.1. The summed E-state index contributed by atoms with van der Waals surface area (Å²) in [5.41, 5.74) is 6.49. The predicted molar refractivity (Wildman–Crippen MR) is 85.9 cm³/mol. The average Bonchev–Trinajstić information content (AvgIpc) is 3.32. The highest BCUT2D eigenvalue weighted by Crippen LogP contribution is 2.27. The van der Waals surface area contributed by atoms with Crippen LogP contribution in [0.2, 0.25) is 0 Å². The van der Waals surface area contributed by atoms with Crippen LogP contribution in [0.15, 0.2) is 29.2 Å². The Kier molecular flexibility index (Phi) is 5.79. The number of hydrogen-bond acceptors (Lipinski definition) is 4. The summed E-state index contributed by atoms with van der Waals surface area (Å²) in [6, 6.07) is 7.55. The summed E-state index contributed by atoms with van der Waals surface area (Å²) in [6.45, 7) is 4.27. The Morgan fingerprint density at radius 3 is 2.38 bits per heavy atom. The van der Waals surface area contributed by atoms with Crippen LogP contribution in [0.4, 0.5) is 0 Å². The molecule has 1 aliphatic carbocycles. The fraction of sp³-hybridized carbons (Fsp3) is 0.625. The van der Waals surface area contributed by atoms with E-state index in [2.05, 4.69) is 11.8 Å². The summed E-state index contributed by atoms with van der Waals surface area (Å²) < 4.78 is 24.8. The van der Waals surface area contributed by atoms with Crippen LogP contribution in [0.3, 0.4) is 0 Å². The van der Waals surface area contributed by atoms with E-state index in [0.717, 1.165) is 24.9 Å². The Morgan fingerprint density at radius 1 is 1.19 bits per heavy atom. The molecule has 0 aromatic heterocycles. The molecular formula is C16H26N2O2S. The van der Waals surface area contributed by atoms with Crippen LogP contribution in [-0.4, -0.2) is 38.2 Å². The Morgan fingerprint density at radius 2 is 1.86 bits per heavy atom. The van der Waals surface area contributed by atoms with Gasteiger partial charge in [0.1, 0.15) is 0 Å². The van der Waals surface area contributed by atoms with Gasteiger partial charge in [0.05, 0.1) is 10.6 Å².